The van der Waals surface area contributed by atoms with Gasteiger partial charge in [0, 0.05) is 24.7 Å². The summed E-state index contributed by atoms with van der Waals surface area (Å²) < 4.78 is 0. The molecule has 3 rings (SSSR count). The van der Waals surface area contributed by atoms with Crippen LogP contribution in [-0.2, 0) is 0 Å². The van der Waals surface area contributed by atoms with Crippen LogP contribution >= 0.6 is 0 Å². The molecular formula is C16H31N3. The smallest absolute Gasteiger partial charge is 0.0209 e. The molecule has 1 N–H and O–H groups in total. The van der Waals surface area contributed by atoms with Crippen LogP contribution in [0.3, 0.4) is 0 Å². The van der Waals surface area contributed by atoms with E-state index in [2.05, 4.69) is 22.0 Å². The van der Waals surface area contributed by atoms with Crippen LogP contribution in [0.15, 0.2) is 0 Å². The maximum absolute atomic E-state index is 3.78. The van der Waals surface area contributed by atoms with Gasteiger partial charge < -0.3 is 15.1 Å². The van der Waals surface area contributed by atoms with Gasteiger partial charge in [0.15, 0.2) is 0 Å². The first-order valence-corrected chi connectivity index (χ1v) is 8.54. The normalized spacial score (nSPS) is 33.9. The van der Waals surface area contributed by atoms with Crippen LogP contribution in [0.4, 0.5) is 0 Å². The molecule has 3 nitrogen and oxygen atoms in total. The van der Waals surface area contributed by atoms with Crippen molar-refractivity contribution in [2.45, 2.75) is 70.0 Å². The van der Waals surface area contributed by atoms with Gasteiger partial charge in [0.05, 0.1) is 0 Å². The van der Waals surface area contributed by atoms with Crippen molar-refractivity contribution in [3.05, 3.63) is 0 Å². The minimum atomic E-state index is 0.793. The Morgan fingerprint density at radius 2 is 1.84 bits per heavy atom. The van der Waals surface area contributed by atoms with Gasteiger partial charge in [-0.25, -0.2) is 0 Å². The minimum Gasteiger partial charge on any atom is -0.310 e. The number of nitrogens with zero attached hydrogens (tertiary/aromatic N) is 2. The Morgan fingerprint density at radius 1 is 0.947 bits per heavy atom. The molecule has 0 amide bonds. The second kappa shape index (κ2) is 6.55. The SMILES string of the molecule is CC1CCCCN1CCCN1CCC(NC2CC2)C1. The molecule has 0 radical (unpaired) electrons. The van der Waals surface area contributed by atoms with Crippen LogP contribution in [0.25, 0.3) is 0 Å². The number of likely N-dealkylation sites (tertiary alicyclic amines) is 2. The van der Waals surface area contributed by atoms with E-state index >= 15 is 0 Å². The van der Waals surface area contributed by atoms with Crippen LogP contribution in [-0.4, -0.2) is 60.6 Å². The summed E-state index contributed by atoms with van der Waals surface area (Å²) in [4.78, 5) is 5.38. The minimum absolute atomic E-state index is 0.793. The standard InChI is InChI=1S/C16H31N3/c1-14-5-2-3-10-19(14)11-4-9-18-12-8-16(13-18)17-15-6-7-15/h14-17H,2-13H2,1H3. The highest BCUT2D eigenvalue weighted by Gasteiger charge is 2.29. The first-order chi connectivity index (χ1) is 9.31. The molecular weight excluding hydrogens is 234 g/mol. The van der Waals surface area contributed by atoms with Gasteiger partial charge in [0.25, 0.3) is 0 Å². The summed E-state index contributed by atoms with van der Waals surface area (Å²) in [6.45, 7) is 8.99. The highest BCUT2D eigenvalue weighted by Crippen LogP contribution is 2.22. The second-order valence-corrected chi connectivity index (χ2v) is 6.96. The first-order valence-electron chi connectivity index (χ1n) is 8.54. The average Bonchev–Trinajstić information content (AvgIpc) is 3.10. The number of piperidine rings is 1. The van der Waals surface area contributed by atoms with E-state index in [1.54, 1.807) is 0 Å². The predicted octanol–water partition coefficient (Wildman–Crippen LogP) is 2.08. The number of rotatable bonds is 6. The number of hydrogen-bond acceptors (Lipinski definition) is 3. The highest BCUT2D eigenvalue weighted by molar-refractivity contribution is 4.89. The third-order valence-corrected chi connectivity index (χ3v) is 5.18. The van der Waals surface area contributed by atoms with Crippen LogP contribution in [0.1, 0.15) is 51.9 Å². The summed E-state index contributed by atoms with van der Waals surface area (Å²) in [5.74, 6) is 0. The van der Waals surface area contributed by atoms with E-state index in [0.717, 1.165) is 18.1 Å². The van der Waals surface area contributed by atoms with E-state index in [9.17, 15) is 0 Å². The molecule has 2 saturated heterocycles. The summed E-state index contributed by atoms with van der Waals surface area (Å²) in [5, 5.41) is 3.78. The Kier molecular flexibility index (Phi) is 4.78. The maximum Gasteiger partial charge on any atom is 0.0209 e. The van der Waals surface area contributed by atoms with E-state index < -0.39 is 0 Å². The molecule has 0 spiro atoms. The average molecular weight is 265 g/mol. The predicted molar refractivity (Wildman–Crippen MR) is 80.5 cm³/mol. The van der Waals surface area contributed by atoms with Crippen molar-refractivity contribution in [2.75, 3.05) is 32.7 Å². The van der Waals surface area contributed by atoms with Crippen molar-refractivity contribution in [1.29, 1.82) is 0 Å². The molecule has 0 aromatic heterocycles. The molecule has 1 aliphatic carbocycles. The fourth-order valence-electron chi connectivity index (χ4n) is 3.74. The molecule has 0 aromatic carbocycles. The summed E-state index contributed by atoms with van der Waals surface area (Å²) in [6.07, 6.45) is 9.85. The summed E-state index contributed by atoms with van der Waals surface area (Å²) >= 11 is 0. The topological polar surface area (TPSA) is 18.5 Å². The van der Waals surface area contributed by atoms with Gasteiger partial charge in [-0.1, -0.05) is 6.42 Å². The Morgan fingerprint density at radius 3 is 2.63 bits per heavy atom. The van der Waals surface area contributed by atoms with E-state index in [0.29, 0.717) is 0 Å². The van der Waals surface area contributed by atoms with Gasteiger partial charge in [-0.3, -0.25) is 0 Å². The summed E-state index contributed by atoms with van der Waals surface area (Å²) in [6, 6.07) is 2.50. The molecule has 3 aliphatic rings. The van der Waals surface area contributed by atoms with E-state index in [1.165, 1.54) is 77.7 Å². The van der Waals surface area contributed by atoms with Gasteiger partial charge in [0.1, 0.15) is 0 Å². The molecule has 2 unspecified atom stereocenters. The lowest BCUT2D eigenvalue weighted by Gasteiger charge is -2.33. The van der Waals surface area contributed by atoms with Gasteiger partial charge in [-0.05, 0) is 71.6 Å². The third kappa shape index (κ3) is 4.17. The quantitative estimate of drug-likeness (QED) is 0.793. The van der Waals surface area contributed by atoms with Gasteiger partial charge in [-0.15, -0.1) is 0 Å². The van der Waals surface area contributed by atoms with Crippen LogP contribution in [0.2, 0.25) is 0 Å². The molecule has 0 aromatic rings. The Hall–Kier alpha value is -0.120. The van der Waals surface area contributed by atoms with Crippen LogP contribution < -0.4 is 5.32 Å². The Bertz CT molecular complexity index is 277. The molecule has 19 heavy (non-hydrogen) atoms. The van der Waals surface area contributed by atoms with Gasteiger partial charge in [0.2, 0.25) is 0 Å². The Labute approximate surface area is 118 Å². The van der Waals surface area contributed by atoms with Crippen molar-refractivity contribution in [1.82, 2.24) is 15.1 Å². The van der Waals surface area contributed by atoms with Crippen molar-refractivity contribution >= 4 is 0 Å². The Balaban J connectivity index is 1.29. The third-order valence-electron chi connectivity index (χ3n) is 5.18. The van der Waals surface area contributed by atoms with Crippen LogP contribution in [0.5, 0.6) is 0 Å². The molecule has 3 fully saturated rings. The second-order valence-electron chi connectivity index (χ2n) is 6.96. The highest BCUT2D eigenvalue weighted by atomic mass is 15.2. The summed E-state index contributed by atoms with van der Waals surface area (Å²) in [7, 11) is 0. The van der Waals surface area contributed by atoms with Gasteiger partial charge in [-0.2, -0.15) is 0 Å². The lowest BCUT2D eigenvalue weighted by molar-refractivity contribution is 0.152. The lowest BCUT2D eigenvalue weighted by Crippen LogP contribution is -2.39. The molecule has 2 heterocycles. The van der Waals surface area contributed by atoms with Crippen molar-refractivity contribution < 1.29 is 0 Å². The zero-order valence-corrected chi connectivity index (χ0v) is 12.6. The zero-order valence-electron chi connectivity index (χ0n) is 12.6. The molecule has 2 atom stereocenters. The number of hydrogen-bond donors (Lipinski definition) is 1. The fraction of sp³-hybridized carbons (Fsp3) is 1.00. The van der Waals surface area contributed by atoms with E-state index in [1.807, 2.05) is 0 Å². The lowest BCUT2D eigenvalue weighted by atomic mass is 10.0. The van der Waals surface area contributed by atoms with Crippen molar-refractivity contribution in [3.8, 4) is 0 Å². The fourth-order valence-corrected chi connectivity index (χ4v) is 3.74. The zero-order chi connectivity index (χ0) is 13.1. The molecule has 110 valence electrons. The molecule has 3 heteroatoms. The number of nitrogens with one attached hydrogen (secondary N) is 1. The molecule has 2 aliphatic heterocycles. The molecule has 1 saturated carbocycles. The largest absolute Gasteiger partial charge is 0.310 e. The van der Waals surface area contributed by atoms with Crippen LogP contribution in [0, 0.1) is 0 Å². The monoisotopic (exact) mass is 265 g/mol. The maximum atomic E-state index is 3.78. The van der Waals surface area contributed by atoms with E-state index in [4.69, 9.17) is 0 Å². The summed E-state index contributed by atoms with van der Waals surface area (Å²) in [5.41, 5.74) is 0. The van der Waals surface area contributed by atoms with Crippen molar-refractivity contribution in [2.24, 2.45) is 0 Å². The van der Waals surface area contributed by atoms with Crippen molar-refractivity contribution in [3.63, 3.8) is 0 Å². The van der Waals surface area contributed by atoms with E-state index in [-0.39, 0.29) is 0 Å². The van der Waals surface area contributed by atoms with Gasteiger partial charge >= 0.3 is 0 Å². The molecule has 0 bridgehead atoms. The first kappa shape index (κ1) is 13.8.